The number of nitrogens with two attached hydrogens (primary N) is 6. The molecule has 4 unspecified atom stereocenters. The molecular formula is C59H90N13O15P. The molecular weight excluding hydrogens is 1160 g/mol. The van der Waals surface area contributed by atoms with Crippen molar-refractivity contribution in [2.45, 2.75) is 180 Å². The number of aromatic nitrogens is 2. The second-order valence-corrected chi connectivity index (χ2v) is 28.0. The average Bonchev–Trinajstić information content (AvgIpc) is 1.53. The smallest absolute Gasteiger partial charge is 0.472 e. The van der Waals surface area contributed by atoms with Crippen molar-refractivity contribution in [1.29, 1.82) is 0 Å². The van der Waals surface area contributed by atoms with Crippen molar-refractivity contribution in [3.8, 4) is 5.75 Å². The maximum atomic E-state index is 14.2. The number of hydrogen-bond donors (Lipinski definition) is 15. The lowest BCUT2D eigenvalue weighted by Crippen LogP contribution is -2.64. The number of imidazole rings is 1. The van der Waals surface area contributed by atoms with Gasteiger partial charge in [-0.1, -0.05) is 34.6 Å². The third-order valence-electron chi connectivity index (χ3n) is 20.8. The first-order valence-corrected chi connectivity index (χ1v) is 31.5. The molecule has 5 saturated heterocycles. The molecule has 1 aromatic heterocycles. The highest BCUT2D eigenvalue weighted by molar-refractivity contribution is 7.47. The van der Waals surface area contributed by atoms with E-state index in [0.29, 0.717) is 34.4 Å². The zero-order valence-corrected chi connectivity index (χ0v) is 52.2. The Morgan fingerprint density at radius 3 is 1.97 bits per heavy atom. The van der Waals surface area contributed by atoms with Crippen LogP contribution >= 0.6 is 7.82 Å². The number of carbonyl (C=O) groups excluding carboxylic acids is 7. The van der Waals surface area contributed by atoms with Crippen molar-refractivity contribution >= 4 is 60.2 Å². The summed E-state index contributed by atoms with van der Waals surface area (Å²) in [7, 11) is -5.03. The number of aliphatic hydroxyl groups excluding tert-OH is 2. The maximum Gasteiger partial charge on any atom is 0.472 e. The molecule has 5 fully saturated rings. The minimum Gasteiger partial charge on any atom is -0.508 e. The van der Waals surface area contributed by atoms with Crippen molar-refractivity contribution in [3.05, 3.63) is 58.8 Å². The van der Waals surface area contributed by atoms with E-state index in [9.17, 15) is 58.3 Å². The van der Waals surface area contributed by atoms with Gasteiger partial charge in [-0.25, -0.2) is 9.55 Å². The number of aliphatic hydroxyl groups is 2. The van der Waals surface area contributed by atoms with Crippen molar-refractivity contribution in [1.82, 2.24) is 36.1 Å². The number of hydrogen-bond acceptors (Lipinski definition) is 19. The molecule has 0 spiro atoms. The normalized spacial score (nSPS) is 36.9. The summed E-state index contributed by atoms with van der Waals surface area (Å²) in [6, 6.07) is 1.76. The van der Waals surface area contributed by atoms with Crippen LogP contribution in [0.15, 0.2) is 58.8 Å². The second-order valence-electron chi connectivity index (χ2n) is 26.6. The number of rotatable bonds is 26. The molecule has 7 heterocycles. The fourth-order valence-electron chi connectivity index (χ4n) is 16.2. The van der Waals surface area contributed by atoms with E-state index in [-0.39, 0.29) is 82.4 Å². The van der Waals surface area contributed by atoms with Crippen LogP contribution in [0.3, 0.4) is 0 Å². The van der Waals surface area contributed by atoms with Gasteiger partial charge < -0.3 is 90.5 Å². The van der Waals surface area contributed by atoms with Crippen LogP contribution < -0.4 is 61.0 Å². The van der Waals surface area contributed by atoms with Gasteiger partial charge in [-0.15, -0.1) is 0 Å². The fraction of sp³-hybridized carbons (Fsp3) is 0.661. The molecule has 7 amide bonds. The lowest BCUT2D eigenvalue weighted by Gasteiger charge is -2.49. The summed E-state index contributed by atoms with van der Waals surface area (Å²) < 4.78 is 31.3. The predicted molar refractivity (Wildman–Crippen MR) is 320 cm³/mol. The van der Waals surface area contributed by atoms with Gasteiger partial charge in [0.15, 0.2) is 6.23 Å². The van der Waals surface area contributed by atoms with E-state index in [0.717, 1.165) is 11.3 Å². The Kier molecular flexibility index (Phi) is 19.4. The van der Waals surface area contributed by atoms with Gasteiger partial charge >= 0.3 is 7.82 Å². The number of phenols is 1. The first kappa shape index (κ1) is 67.3. The summed E-state index contributed by atoms with van der Waals surface area (Å²) >= 11 is 0. The van der Waals surface area contributed by atoms with Crippen molar-refractivity contribution in [2.75, 3.05) is 19.8 Å². The number of amides is 7. The number of primary amides is 6. The number of phosphoric ester groups is 1. The molecule has 28 nitrogen and oxygen atoms in total. The topological polar surface area (TPSA) is 479 Å². The molecule has 0 radical (unpaired) electrons. The third-order valence-corrected chi connectivity index (χ3v) is 21.9. The highest BCUT2D eigenvalue weighted by Gasteiger charge is 2.68. The van der Waals surface area contributed by atoms with Gasteiger partial charge in [0.25, 0.3) is 0 Å². The quantitative estimate of drug-likeness (QED) is 0.0448. The first-order valence-electron chi connectivity index (χ1n) is 30.0. The minimum absolute atomic E-state index is 0.0199. The zero-order chi connectivity index (χ0) is 65.0. The van der Waals surface area contributed by atoms with Crippen molar-refractivity contribution in [2.24, 2.45) is 79.7 Å². The van der Waals surface area contributed by atoms with Crippen LogP contribution in [-0.4, -0.2) is 139 Å². The number of allylic oxidation sites excluding steroid dienone is 3. The van der Waals surface area contributed by atoms with E-state index < -0.39 is 156 Å². The molecule has 8 bridgehead atoms. The molecule has 1 aromatic carbocycles. The molecule has 6 aliphatic heterocycles. The van der Waals surface area contributed by atoms with Crippen LogP contribution in [0.4, 0.5) is 0 Å². The van der Waals surface area contributed by atoms with Crippen molar-refractivity contribution < 1.29 is 72.1 Å². The largest absolute Gasteiger partial charge is 0.508 e. The van der Waals surface area contributed by atoms with Crippen LogP contribution in [0.2, 0.25) is 0 Å². The Bertz CT molecular complexity index is 3240. The van der Waals surface area contributed by atoms with Gasteiger partial charge in [-0.05, 0) is 93.6 Å². The van der Waals surface area contributed by atoms with Crippen LogP contribution in [0.5, 0.6) is 5.75 Å². The number of nitrogens with one attached hydrogen (secondary N) is 5. The summed E-state index contributed by atoms with van der Waals surface area (Å²) in [4.78, 5) is 109. The average molecular weight is 1250 g/mol. The number of ether oxygens (including phenoxy) is 1. The van der Waals surface area contributed by atoms with Crippen molar-refractivity contribution in [3.63, 3.8) is 0 Å². The number of aromatic hydroxyl groups is 1. The lowest BCUT2D eigenvalue weighted by molar-refractivity contribution is -0.124. The standard InChI is InChI=1S/C59H90N13O15P/c1-28-47-32(11-15-41(61)76)55(3,4)39(69-47)23-36-31(10-14-40(60)75)57(6,24-44(64)79)52(68-36)29(2)48-33(12-16-42(62)77)58(7,25-45(65)80)59(8,71-48)53-34(22-43(63)78)56(5,51(28)70-53)18-17-46(81)66-19-20-85-88(83,84)87-50-38(26-73)86-54(49(50)82)72-27-67-35-13-9-30(74)21-37(35)72/h9,13,21,23,27,31-34,36,38,47-50,53-54,68-71,73-74,82H,10-12,14-20,22,24-26H2,1-8H3,(H2,60,75)(H2,61,76)(H2,62,77)(H2,63,78)(H2,64,79)(H2,65,80)(H,66,81)(H,83,84)/b39-23-,51-28-,52-29-/t31-,32-,33-,34+,36?,38-,47?,48?,49-,50-,53-,54+,56-,57+,58+,59+/m1/s1. The number of phosphoric acid groups is 1. The highest BCUT2D eigenvalue weighted by Crippen LogP contribution is 2.62. The van der Waals surface area contributed by atoms with E-state index in [2.05, 4.69) is 51.5 Å². The number of benzene rings is 1. The van der Waals surface area contributed by atoms with E-state index >= 15 is 0 Å². The summed E-state index contributed by atoms with van der Waals surface area (Å²) in [5.74, 6) is -6.35. The monoisotopic (exact) mass is 1250 g/mol. The van der Waals surface area contributed by atoms with E-state index in [1.807, 2.05) is 41.5 Å². The Morgan fingerprint density at radius 1 is 0.761 bits per heavy atom. The van der Waals surface area contributed by atoms with Crippen LogP contribution in [0.25, 0.3) is 11.0 Å². The second kappa shape index (κ2) is 25.3. The molecule has 29 heteroatoms. The molecule has 88 heavy (non-hydrogen) atoms. The van der Waals surface area contributed by atoms with E-state index in [1.165, 1.54) is 23.0 Å². The zero-order valence-electron chi connectivity index (χ0n) is 51.3. The number of fused-ring (bicyclic) bond motifs is 10. The maximum absolute atomic E-state index is 14.2. The first-order chi connectivity index (χ1) is 41.0. The Hall–Kier alpha value is -6.65. The van der Waals surface area contributed by atoms with Crippen LogP contribution in [-0.2, 0) is 51.9 Å². The highest BCUT2D eigenvalue weighted by atomic mass is 31.2. The van der Waals surface area contributed by atoms with Crippen LogP contribution in [0.1, 0.15) is 132 Å². The molecule has 17 atom stereocenters. The van der Waals surface area contributed by atoms with Gasteiger partial charge in [-0.2, -0.15) is 0 Å². The summed E-state index contributed by atoms with van der Waals surface area (Å²) in [6.45, 7) is 14.1. The lowest BCUT2D eigenvalue weighted by atomic mass is 9.56. The Morgan fingerprint density at radius 2 is 1.36 bits per heavy atom. The fourth-order valence-corrected chi connectivity index (χ4v) is 17.2. The Balaban J connectivity index is 1.17. The summed E-state index contributed by atoms with van der Waals surface area (Å²) in [5.41, 5.74) is 35.3. The van der Waals surface area contributed by atoms with E-state index in [1.54, 1.807) is 6.07 Å². The van der Waals surface area contributed by atoms with E-state index in [4.69, 9.17) is 48.2 Å². The Labute approximate surface area is 511 Å². The molecule has 21 N–H and O–H groups in total. The summed E-state index contributed by atoms with van der Waals surface area (Å²) in [5, 5.41) is 49.9. The molecule has 6 aliphatic rings. The molecule has 486 valence electrons. The molecule has 8 rings (SSSR count). The number of carbonyl (C=O) groups is 7. The summed E-state index contributed by atoms with van der Waals surface area (Å²) in [6.07, 6.45) is -2.46. The SMILES string of the molecule is C/C1=C2/N[C@H]([C@H](CC(N)=O)[C@@]2(C)CCC(=O)NCCOP(=O)(O)O[C@H]2[C@@H](O)[C@@H](n3cnc4ccc(O)cc43)O[C@@H]2CO)[C@]2(C)NC(/C(C)=C3\NC(/C=C4\NC1[C@@H](CCC(N)=O)C4(C)C)[C@@H](CCC(N)=O)[C@]3(C)CC(N)=O)[C@@H](CCC(N)=O)[C@]2(C)CC(N)=O. The van der Waals surface area contributed by atoms with Gasteiger partial charge in [0.1, 0.15) is 24.1 Å². The third kappa shape index (κ3) is 12.8. The predicted octanol–water partition coefficient (Wildman–Crippen LogP) is 0.415. The van der Waals surface area contributed by atoms with Gasteiger partial charge in [0, 0.05) is 126 Å². The van der Waals surface area contributed by atoms with Crippen LogP contribution in [0, 0.1) is 45.3 Å². The molecule has 2 aromatic rings. The molecule has 0 saturated carbocycles. The minimum atomic E-state index is -5.03. The molecule has 0 aliphatic carbocycles. The number of nitrogens with zero attached hydrogens (tertiary/aromatic N) is 2. The van der Waals surface area contributed by atoms with Gasteiger partial charge in [0.05, 0.1) is 36.6 Å². The van der Waals surface area contributed by atoms with Gasteiger partial charge in [0.2, 0.25) is 41.4 Å². The van der Waals surface area contributed by atoms with Gasteiger partial charge in [-0.3, -0.25) is 42.6 Å². The number of phenolic OH excluding ortho intramolecular Hbond substituents is 1.